The van der Waals surface area contributed by atoms with Gasteiger partial charge in [-0.05, 0) is 42.2 Å². The van der Waals surface area contributed by atoms with Crippen LogP contribution in [0.25, 0.3) is 0 Å². The van der Waals surface area contributed by atoms with Gasteiger partial charge < -0.3 is 5.32 Å². The van der Waals surface area contributed by atoms with Gasteiger partial charge in [0.05, 0.1) is 0 Å². The first-order valence-corrected chi connectivity index (χ1v) is 7.00. The molecule has 0 saturated carbocycles. The number of nitrogens with one attached hydrogen (secondary N) is 1. The lowest BCUT2D eigenvalue weighted by molar-refractivity contribution is 1.14. The second-order valence-electron chi connectivity index (χ2n) is 3.71. The van der Waals surface area contributed by atoms with E-state index in [1.54, 1.807) is 11.8 Å². The van der Waals surface area contributed by atoms with Gasteiger partial charge in [0.1, 0.15) is 0 Å². The summed E-state index contributed by atoms with van der Waals surface area (Å²) in [6.07, 6.45) is 2.08. The lowest BCUT2D eigenvalue weighted by atomic mass is 10.2. The smallest absolute Gasteiger partial charge is 0.0406 e. The average Bonchev–Trinajstić information content (AvgIpc) is 2.38. The molecule has 0 aliphatic heterocycles. The fourth-order valence-electron chi connectivity index (χ4n) is 1.54. The summed E-state index contributed by atoms with van der Waals surface area (Å²) >= 11 is 7.59. The molecule has 0 unspecified atom stereocenters. The molecule has 2 rings (SSSR count). The third-order valence-electron chi connectivity index (χ3n) is 2.48. The normalized spacial score (nSPS) is 10.2. The Balaban J connectivity index is 1.99. The summed E-state index contributed by atoms with van der Waals surface area (Å²) in [6.45, 7) is 0.814. The van der Waals surface area contributed by atoms with Crippen molar-refractivity contribution in [1.82, 2.24) is 0 Å². The molecule has 3 heteroatoms. The monoisotopic (exact) mass is 263 g/mol. The predicted octanol–water partition coefficient (Wildman–Crippen LogP) is 4.67. The molecule has 88 valence electrons. The molecule has 0 radical (unpaired) electrons. The van der Waals surface area contributed by atoms with Crippen LogP contribution in [-0.2, 0) is 6.54 Å². The minimum Gasteiger partial charge on any atom is -0.381 e. The predicted molar refractivity (Wildman–Crippen MR) is 77.0 cm³/mol. The van der Waals surface area contributed by atoms with Crippen molar-refractivity contribution in [2.45, 2.75) is 11.4 Å². The molecule has 0 spiro atoms. The van der Waals surface area contributed by atoms with Gasteiger partial charge in [0, 0.05) is 22.2 Å². The van der Waals surface area contributed by atoms with Crippen LogP contribution in [0.3, 0.4) is 0 Å². The maximum Gasteiger partial charge on any atom is 0.0406 e. The van der Waals surface area contributed by atoms with Gasteiger partial charge in [0.15, 0.2) is 0 Å². The van der Waals surface area contributed by atoms with Crippen LogP contribution in [0.2, 0.25) is 5.02 Å². The molecule has 17 heavy (non-hydrogen) atoms. The van der Waals surface area contributed by atoms with Gasteiger partial charge in [-0.1, -0.05) is 29.8 Å². The molecular formula is C14H14ClNS. The molecule has 0 aromatic heterocycles. The molecule has 1 N–H and O–H groups in total. The summed E-state index contributed by atoms with van der Waals surface area (Å²) in [6, 6.07) is 16.3. The van der Waals surface area contributed by atoms with Crippen molar-refractivity contribution in [2.75, 3.05) is 11.6 Å². The summed E-state index contributed by atoms with van der Waals surface area (Å²) in [5.41, 5.74) is 2.37. The van der Waals surface area contributed by atoms with Crippen LogP contribution in [-0.4, -0.2) is 6.26 Å². The highest BCUT2D eigenvalue weighted by Crippen LogP contribution is 2.19. The molecule has 0 saturated heterocycles. The van der Waals surface area contributed by atoms with Crippen molar-refractivity contribution in [3.63, 3.8) is 0 Å². The van der Waals surface area contributed by atoms with Gasteiger partial charge in [0.2, 0.25) is 0 Å². The second-order valence-corrected chi connectivity index (χ2v) is 5.03. The number of anilines is 1. The molecular weight excluding hydrogens is 250 g/mol. The maximum absolute atomic E-state index is 5.85. The Kier molecular flexibility index (Phi) is 4.35. The second kappa shape index (κ2) is 5.99. The van der Waals surface area contributed by atoms with Crippen LogP contribution in [0.1, 0.15) is 5.56 Å². The average molecular weight is 264 g/mol. The minimum atomic E-state index is 0.776. The van der Waals surface area contributed by atoms with Crippen molar-refractivity contribution in [3.05, 3.63) is 59.1 Å². The van der Waals surface area contributed by atoms with E-state index in [1.165, 1.54) is 10.5 Å². The third kappa shape index (κ3) is 3.69. The lowest BCUT2D eigenvalue weighted by Crippen LogP contribution is -1.98. The fraction of sp³-hybridized carbons (Fsp3) is 0.143. The van der Waals surface area contributed by atoms with E-state index in [1.807, 2.05) is 24.3 Å². The molecule has 2 aromatic carbocycles. The van der Waals surface area contributed by atoms with Crippen molar-refractivity contribution < 1.29 is 0 Å². The molecule has 1 nitrogen and oxygen atoms in total. The first kappa shape index (κ1) is 12.3. The molecule has 2 aromatic rings. The molecule has 0 fully saturated rings. The maximum atomic E-state index is 5.85. The lowest BCUT2D eigenvalue weighted by Gasteiger charge is -2.07. The Morgan fingerprint density at radius 1 is 1.12 bits per heavy atom. The SMILES string of the molecule is CSc1cccc(NCc2ccc(Cl)cc2)c1. The Morgan fingerprint density at radius 2 is 1.88 bits per heavy atom. The van der Waals surface area contributed by atoms with Crippen molar-refractivity contribution in [1.29, 1.82) is 0 Å². The molecule has 0 bridgehead atoms. The number of halogens is 1. The summed E-state index contributed by atoms with van der Waals surface area (Å²) in [7, 11) is 0. The van der Waals surface area contributed by atoms with Crippen molar-refractivity contribution >= 4 is 29.1 Å². The van der Waals surface area contributed by atoms with E-state index < -0.39 is 0 Å². The number of hydrogen-bond donors (Lipinski definition) is 1. The molecule has 0 aliphatic carbocycles. The summed E-state index contributed by atoms with van der Waals surface area (Å²) < 4.78 is 0. The highest BCUT2D eigenvalue weighted by molar-refractivity contribution is 7.98. The highest BCUT2D eigenvalue weighted by atomic mass is 35.5. The zero-order valence-electron chi connectivity index (χ0n) is 9.61. The van der Waals surface area contributed by atoms with E-state index in [0.717, 1.165) is 17.3 Å². The third-order valence-corrected chi connectivity index (χ3v) is 3.46. The number of benzene rings is 2. The van der Waals surface area contributed by atoms with E-state index in [-0.39, 0.29) is 0 Å². The Morgan fingerprint density at radius 3 is 2.59 bits per heavy atom. The Hall–Kier alpha value is -1.12. The van der Waals surface area contributed by atoms with E-state index >= 15 is 0 Å². The van der Waals surface area contributed by atoms with Crippen molar-refractivity contribution in [3.8, 4) is 0 Å². The van der Waals surface area contributed by atoms with E-state index in [0.29, 0.717) is 0 Å². The quantitative estimate of drug-likeness (QED) is 0.805. The standard InChI is InChI=1S/C14H14ClNS/c1-17-14-4-2-3-13(9-14)16-10-11-5-7-12(15)8-6-11/h2-9,16H,10H2,1H3. The van der Waals surface area contributed by atoms with E-state index in [4.69, 9.17) is 11.6 Å². The van der Waals surface area contributed by atoms with Crippen LogP contribution in [0, 0.1) is 0 Å². The van der Waals surface area contributed by atoms with Gasteiger partial charge in [-0.2, -0.15) is 0 Å². The van der Waals surface area contributed by atoms with E-state index in [9.17, 15) is 0 Å². The van der Waals surface area contributed by atoms with Gasteiger partial charge in [-0.15, -0.1) is 11.8 Å². The largest absolute Gasteiger partial charge is 0.381 e. The summed E-state index contributed by atoms with van der Waals surface area (Å²) in [4.78, 5) is 1.27. The van der Waals surface area contributed by atoms with Gasteiger partial charge in [-0.25, -0.2) is 0 Å². The van der Waals surface area contributed by atoms with Crippen LogP contribution in [0.15, 0.2) is 53.4 Å². The Labute approximate surface area is 111 Å². The number of thioether (sulfide) groups is 1. The first-order chi connectivity index (χ1) is 8.28. The molecule has 0 aliphatic rings. The van der Waals surface area contributed by atoms with Gasteiger partial charge in [-0.3, -0.25) is 0 Å². The van der Waals surface area contributed by atoms with Crippen molar-refractivity contribution in [2.24, 2.45) is 0 Å². The van der Waals surface area contributed by atoms with Crippen LogP contribution in [0.5, 0.6) is 0 Å². The van der Waals surface area contributed by atoms with Crippen LogP contribution >= 0.6 is 23.4 Å². The molecule has 0 atom stereocenters. The van der Waals surface area contributed by atoms with Crippen LogP contribution < -0.4 is 5.32 Å². The minimum absolute atomic E-state index is 0.776. The number of rotatable bonds is 4. The topological polar surface area (TPSA) is 12.0 Å². The van der Waals surface area contributed by atoms with Gasteiger partial charge >= 0.3 is 0 Å². The van der Waals surface area contributed by atoms with E-state index in [2.05, 4.69) is 35.8 Å². The summed E-state index contributed by atoms with van der Waals surface area (Å²) in [5.74, 6) is 0. The molecule has 0 heterocycles. The number of hydrogen-bond acceptors (Lipinski definition) is 2. The first-order valence-electron chi connectivity index (χ1n) is 5.40. The Bertz CT molecular complexity index is 482. The zero-order valence-corrected chi connectivity index (χ0v) is 11.2. The zero-order chi connectivity index (χ0) is 12.1. The highest BCUT2D eigenvalue weighted by Gasteiger charge is 1.96. The van der Waals surface area contributed by atoms with Gasteiger partial charge in [0.25, 0.3) is 0 Å². The summed E-state index contributed by atoms with van der Waals surface area (Å²) in [5, 5.41) is 4.17. The van der Waals surface area contributed by atoms with Crippen LogP contribution in [0.4, 0.5) is 5.69 Å². The fourth-order valence-corrected chi connectivity index (χ4v) is 2.12. The molecule has 0 amide bonds.